The summed E-state index contributed by atoms with van der Waals surface area (Å²) in [7, 11) is 0. The van der Waals surface area contributed by atoms with E-state index in [0.29, 0.717) is 11.8 Å². The number of ether oxygens (including phenoxy) is 2. The van der Waals surface area contributed by atoms with Crippen LogP contribution in [0.15, 0.2) is 18.2 Å². The number of rotatable bonds is 1. The SMILES string of the molecule is Oc1ccc2c(c1)C(N1CCOCC1)CCO2. The minimum absolute atomic E-state index is 0.313. The molecule has 0 aromatic heterocycles. The van der Waals surface area contributed by atoms with Gasteiger partial charge in [-0.3, -0.25) is 4.90 Å². The lowest BCUT2D eigenvalue weighted by atomic mass is 9.98. The maximum absolute atomic E-state index is 9.61. The van der Waals surface area contributed by atoms with Crippen molar-refractivity contribution in [1.29, 1.82) is 0 Å². The van der Waals surface area contributed by atoms with Crippen molar-refractivity contribution in [1.82, 2.24) is 4.90 Å². The maximum Gasteiger partial charge on any atom is 0.124 e. The van der Waals surface area contributed by atoms with Crippen molar-refractivity contribution >= 4 is 0 Å². The van der Waals surface area contributed by atoms with E-state index in [4.69, 9.17) is 9.47 Å². The third-order valence-electron chi connectivity index (χ3n) is 3.49. The van der Waals surface area contributed by atoms with Crippen molar-refractivity contribution in [3.8, 4) is 11.5 Å². The van der Waals surface area contributed by atoms with E-state index in [-0.39, 0.29) is 0 Å². The van der Waals surface area contributed by atoms with Crippen LogP contribution in [-0.4, -0.2) is 42.9 Å². The van der Waals surface area contributed by atoms with Crippen LogP contribution >= 0.6 is 0 Å². The molecule has 92 valence electrons. The van der Waals surface area contributed by atoms with Crippen LogP contribution in [0.4, 0.5) is 0 Å². The topological polar surface area (TPSA) is 41.9 Å². The fourth-order valence-electron chi connectivity index (χ4n) is 2.63. The highest BCUT2D eigenvalue weighted by atomic mass is 16.5. The van der Waals surface area contributed by atoms with Crippen LogP contribution in [0.1, 0.15) is 18.0 Å². The Labute approximate surface area is 101 Å². The van der Waals surface area contributed by atoms with Crippen LogP contribution in [0.2, 0.25) is 0 Å². The number of aromatic hydroxyl groups is 1. The summed E-state index contributed by atoms with van der Waals surface area (Å²) in [5.41, 5.74) is 1.11. The largest absolute Gasteiger partial charge is 0.508 e. The monoisotopic (exact) mass is 235 g/mol. The Morgan fingerprint density at radius 3 is 2.82 bits per heavy atom. The van der Waals surface area contributed by atoms with Gasteiger partial charge in [-0.25, -0.2) is 0 Å². The zero-order valence-corrected chi connectivity index (χ0v) is 9.76. The van der Waals surface area contributed by atoms with Gasteiger partial charge in [-0.15, -0.1) is 0 Å². The molecule has 1 aromatic rings. The molecule has 1 fully saturated rings. The highest BCUT2D eigenvalue weighted by molar-refractivity contribution is 5.42. The van der Waals surface area contributed by atoms with Crippen molar-refractivity contribution in [2.24, 2.45) is 0 Å². The molecular formula is C13H17NO3. The smallest absolute Gasteiger partial charge is 0.124 e. The fourth-order valence-corrected chi connectivity index (χ4v) is 2.63. The van der Waals surface area contributed by atoms with Gasteiger partial charge in [0.05, 0.1) is 19.8 Å². The summed E-state index contributed by atoms with van der Waals surface area (Å²) in [5, 5.41) is 9.61. The molecule has 3 rings (SSSR count). The first-order valence-corrected chi connectivity index (χ1v) is 6.12. The molecule has 4 heteroatoms. The Morgan fingerprint density at radius 1 is 1.18 bits per heavy atom. The summed E-state index contributed by atoms with van der Waals surface area (Å²) in [5.74, 6) is 1.22. The first kappa shape index (κ1) is 10.9. The maximum atomic E-state index is 9.61. The number of hydrogen-bond acceptors (Lipinski definition) is 4. The van der Waals surface area contributed by atoms with E-state index in [1.54, 1.807) is 6.07 Å². The molecule has 1 unspecified atom stereocenters. The molecule has 1 saturated heterocycles. The Morgan fingerprint density at radius 2 is 2.00 bits per heavy atom. The van der Waals surface area contributed by atoms with Gasteiger partial charge in [0.1, 0.15) is 11.5 Å². The molecule has 0 aliphatic carbocycles. The van der Waals surface area contributed by atoms with Crippen molar-refractivity contribution < 1.29 is 14.6 Å². The minimum Gasteiger partial charge on any atom is -0.508 e. The van der Waals surface area contributed by atoms with Crippen molar-refractivity contribution in [3.05, 3.63) is 23.8 Å². The zero-order chi connectivity index (χ0) is 11.7. The molecule has 1 N–H and O–H groups in total. The Bertz CT molecular complexity index is 402. The summed E-state index contributed by atoms with van der Waals surface area (Å²) in [4.78, 5) is 2.42. The molecule has 0 bridgehead atoms. The molecule has 1 aromatic carbocycles. The first-order chi connectivity index (χ1) is 8.34. The Balaban J connectivity index is 1.89. The third-order valence-corrected chi connectivity index (χ3v) is 3.49. The van der Waals surface area contributed by atoms with E-state index in [1.165, 1.54) is 0 Å². The molecular weight excluding hydrogens is 218 g/mol. The predicted molar refractivity (Wildman–Crippen MR) is 63.4 cm³/mol. The minimum atomic E-state index is 0.313. The van der Waals surface area contributed by atoms with Crippen LogP contribution in [0.5, 0.6) is 11.5 Å². The highest BCUT2D eigenvalue weighted by Crippen LogP contribution is 2.38. The van der Waals surface area contributed by atoms with Crippen LogP contribution < -0.4 is 4.74 Å². The molecule has 2 aliphatic heterocycles. The van der Waals surface area contributed by atoms with E-state index < -0.39 is 0 Å². The average Bonchev–Trinajstić information content (AvgIpc) is 2.39. The van der Waals surface area contributed by atoms with Gasteiger partial charge in [0.25, 0.3) is 0 Å². The fraction of sp³-hybridized carbons (Fsp3) is 0.538. The molecule has 0 saturated carbocycles. The summed E-state index contributed by atoms with van der Waals surface area (Å²) in [6.07, 6.45) is 0.983. The number of morpholine rings is 1. The quantitative estimate of drug-likeness (QED) is 0.802. The normalized spacial score (nSPS) is 25.1. The predicted octanol–water partition coefficient (Wildman–Crippen LogP) is 1.55. The highest BCUT2D eigenvalue weighted by Gasteiger charge is 2.28. The first-order valence-electron chi connectivity index (χ1n) is 6.12. The molecule has 1 atom stereocenters. The number of hydrogen-bond donors (Lipinski definition) is 1. The number of phenols is 1. The summed E-state index contributed by atoms with van der Waals surface area (Å²) < 4.78 is 11.0. The lowest BCUT2D eigenvalue weighted by Crippen LogP contribution is -2.40. The molecule has 0 radical (unpaired) electrons. The second-order valence-corrected chi connectivity index (χ2v) is 4.52. The van der Waals surface area contributed by atoms with Gasteiger partial charge in [-0.05, 0) is 18.2 Å². The van der Waals surface area contributed by atoms with Gasteiger partial charge < -0.3 is 14.6 Å². The van der Waals surface area contributed by atoms with Gasteiger partial charge in [0.2, 0.25) is 0 Å². The molecule has 17 heavy (non-hydrogen) atoms. The molecule has 0 spiro atoms. The Hall–Kier alpha value is -1.26. The summed E-state index contributed by atoms with van der Waals surface area (Å²) in [6.45, 7) is 4.26. The Kier molecular flexibility index (Phi) is 2.91. The molecule has 4 nitrogen and oxygen atoms in total. The summed E-state index contributed by atoms with van der Waals surface area (Å²) in [6, 6.07) is 5.72. The average molecular weight is 235 g/mol. The van der Waals surface area contributed by atoms with Gasteiger partial charge in [-0.1, -0.05) is 0 Å². The molecule has 0 amide bonds. The third kappa shape index (κ3) is 2.10. The number of phenolic OH excluding ortho intramolecular Hbond substituents is 1. The number of fused-ring (bicyclic) bond motifs is 1. The van der Waals surface area contributed by atoms with E-state index in [1.807, 2.05) is 12.1 Å². The molecule has 2 aliphatic rings. The van der Waals surface area contributed by atoms with Crippen LogP contribution in [0.3, 0.4) is 0 Å². The van der Waals surface area contributed by atoms with E-state index >= 15 is 0 Å². The second kappa shape index (κ2) is 4.55. The van der Waals surface area contributed by atoms with Crippen LogP contribution in [0.25, 0.3) is 0 Å². The number of benzene rings is 1. The second-order valence-electron chi connectivity index (χ2n) is 4.52. The lowest BCUT2D eigenvalue weighted by Gasteiger charge is -2.37. The van der Waals surface area contributed by atoms with E-state index in [0.717, 1.165) is 50.6 Å². The zero-order valence-electron chi connectivity index (χ0n) is 9.76. The van der Waals surface area contributed by atoms with Gasteiger partial charge in [0.15, 0.2) is 0 Å². The van der Waals surface area contributed by atoms with Gasteiger partial charge in [-0.2, -0.15) is 0 Å². The van der Waals surface area contributed by atoms with Crippen molar-refractivity contribution in [3.63, 3.8) is 0 Å². The standard InChI is InChI=1S/C13H17NO3/c15-10-1-2-13-11(9-10)12(3-6-17-13)14-4-7-16-8-5-14/h1-2,9,12,15H,3-8H2. The van der Waals surface area contributed by atoms with Crippen molar-refractivity contribution in [2.75, 3.05) is 32.9 Å². The van der Waals surface area contributed by atoms with Crippen LogP contribution in [0, 0.1) is 0 Å². The molecule has 2 heterocycles. The van der Waals surface area contributed by atoms with Crippen LogP contribution in [-0.2, 0) is 4.74 Å². The summed E-state index contributed by atoms with van der Waals surface area (Å²) >= 11 is 0. The van der Waals surface area contributed by atoms with Crippen molar-refractivity contribution in [2.45, 2.75) is 12.5 Å². The van der Waals surface area contributed by atoms with Gasteiger partial charge in [0, 0.05) is 31.1 Å². The number of nitrogens with zero attached hydrogens (tertiary/aromatic N) is 1. The van der Waals surface area contributed by atoms with Gasteiger partial charge >= 0.3 is 0 Å². The lowest BCUT2D eigenvalue weighted by molar-refractivity contribution is 0.00703. The van der Waals surface area contributed by atoms with E-state index in [2.05, 4.69) is 4.90 Å². The van der Waals surface area contributed by atoms with E-state index in [9.17, 15) is 5.11 Å².